The van der Waals surface area contributed by atoms with E-state index in [0.717, 1.165) is 5.39 Å². The van der Waals surface area contributed by atoms with Crippen LogP contribution in [-0.2, 0) is 11.4 Å². The monoisotopic (exact) mass is 458 g/mol. The van der Waals surface area contributed by atoms with Gasteiger partial charge in [-0.25, -0.2) is 0 Å². The summed E-state index contributed by atoms with van der Waals surface area (Å²) in [6.07, 6.45) is 0. The minimum atomic E-state index is -0.369. The SMILES string of the molecule is CCN(CC(=O)Nc1cccc(OC)c1)C(=O)c1oc2ccccc2c1COc1ccccc1. The second-order valence-corrected chi connectivity index (χ2v) is 7.61. The number of hydrogen-bond acceptors (Lipinski definition) is 5. The summed E-state index contributed by atoms with van der Waals surface area (Å²) in [5.74, 6) is 0.809. The Morgan fingerprint density at radius 3 is 2.44 bits per heavy atom. The molecule has 2 amide bonds. The third kappa shape index (κ3) is 5.20. The van der Waals surface area contributed by atoms with E-state index in [1.54, 1.807) is 31.4 Å². The van der Waals surface area contributed by atoms with Gasteiger partial charge in [0.25, 0.3) is 5.91 Å². The van der Waals surface area contributed by atoms with Gasteiger partial charge >= 0.3 is 0 Å². The molecule has 0 saturated carbocycles. The molecule has 0 aliphatic carbocycles. The van der Waals surface area contributed by atoms with Gasteiger partial charge in [0.15, 0.2) is 5.76 Å². The van der Waals surface area contributed by atoms with Crippen LogP contribution < -0.4 is 14.8 Å². The molecule has 3 aromatic carbocycles. The van der Waals surface area contributed by atoms with Gasteiger partial charge in [-0.1, -0.05) is 42.5 Å². The number of para-hydroxylation sites is 2. The molecule has 0 spiro atoms. The number of fused-ring (bicyclic) bond motifs is 1. The van der Waals surface area contributed by atoms with Crippen LogP contribution in [0.15, 0.2) is 83.3 Å². The molecule has 0 radical (unpaired) electrons. The summed E-state index contributed by atoms with van der Waals surface area (Å²) in [6, 6.07) is 23.9. The summed E-state index contributed by atoms with van der Waals surface area (Å²) in [5, 5.41) is 3.61. The molecule has 0 aliphatic heterocycles. The molecular weight excluding hydrogens is 432 g/mol. The predicted octanol–water partition coefficient (Wildman–Crippen LogP) is 5.12. The van der Waals surface area contributed by atoms with Crippen LogP contribution in [0, 0.1) is 0 Å². The molecule has 7 nitrogen and oxygen atoms in total. The first kappa shape index (κ1) is 22.9. The molecule has 0 bridgehead atoms. The Morgan fingerprint density at radius 1 is 0.941 bits per heavy atom. The lowest BCUT2D eigenvalue weighted by Crippen LogP contribution is -2.38. The number of likely N-dealkylation sites (N-methyl/N-ethyl adjacent to an activating group) is 1. The molecular formula is C27H26N2O5. The number of carbonyl (C=O) groups is 2. The van der Waals surface area contributed by atoms with Crippen LogP contribution in [0.4, 0.5) is 5.69 Å². The lowest BCUT2D eigenvalue weighted by Gasteiger charge is -2.20. The third-order valence-electron chi connectivity index (χ3n) is 5.38. The van der Waals surface area contributed by atoms with Crippen molar-refractivity contribution in [2.75, 3.05) is 25.5 Å². The zero-order chi connectivity index (χ0) is 23.9. The molecule has 1 heterocycles. The van der Waals surface area contributed by atoms with Gasteiger partial charge in [-0.3, -0.25) is 9.59 Å². The topological polar surface area (TPSA) is 81.0 Å². The summed E-state index contributed by atoms with van der Waals surface area (Å²) in [7, 11) is 1.56. The van der Waals surface area contributed by atoms with E-state index in [9.17, 15) is 9.59 Å². The van der Waals surface area contributed by atoms with E-state index < -0.39 is 0 Å². The van der Waals surface area contributed by atoms with Crippen LogP contribution in [-0.4, -0.2) is 36.9 Å². The number of amides is 2. The van der Waals surface area contributed by atoms with Gasteiger partial charge in [-0.05, 0) is 37.3 Å². The standard InChI is InChI=1S/C27H26N2O5/c1-3-29(17-25(30)28-19-10-9-13-21(16-19)32-2)27(31)26-23(18-33-20-11-5-4-6-12-20)22-14-7-8-15-24(22)34-26/h4-16H,3,17-18H2,1-2H3,(H,28,30). The van der Waals surface area contributed by atoms with E-state index in [1.807, 2.05) is 61.5 Å². The Labute approximate surface area is 197 Å². The largest absolute Gasteiger partial charge is 0.497 e. The highest BCUT2D eigenvalue weighted by atomic mass is 16.5. The maximum atomic E-state index is 13.4. The highest BCUT2D eigenvalue weighted by Crippen LogP contribution is 2.28. The Balaban J connectivity index is 1.54. The quantitative estimate of drug-likeness (QED) is 0.376. The number of furan rings is 1. The van der Waals surface area contributed by atoms with Crippen LogP contribution in [0.1, 0.15) is 23.0 Å². The van der Waals surface area contributed by atoms with E-state index in [-0.39, 0.29) is 30.7 Å². The van der Waals surface area contributed by atoms with Gasteiger partial charge in [-0.15, -0.1) is 0 Å². The van der Waals surface area contributed by atoms with Gasteiger partial charge < -0.3 is 24.1 Å². The average Bonchev–Trinajstić information content (AvgIpc) is 3.25. The van der Waals surface area contributed by atoms with Crippen molar-refractivity contribution in [1.29, 1.82) is 0 Å². The van der Waals surface area contributed by atoms with Crippen molar-refractivity contribution < 1.29 is 23.5 Å². The highest BCUT2D eigenvalue weighted by Gasteiger charge is 2.26. The van der Waals surface area contributed by atoms with E-state index in [4.69, 9.17) is 13.9 Å². The van der Waals surface area contributed by atoms with Crippen molar-refractivity contribution in [1.82, 2.24) is 4.90 Å². The number of benzene rings is 3. The Kier molecular flexibility index (Phi) is 7.13. The molecule has 0 fully saturated rings. The summed E-state index contributed by atoms with van der Waals surface area (Å²) in [4.78, 5) is 27.6. The number of nitrogens with one attached hydrogen (secondary N) is 1. The lowest BCUT2D eigenvalue weighted by atomic mass is 10.1. The van der Waals surface area contributed by atoms with Gasteiger partial charge in [-0.2, -0.15) is 0 Å². The molecule has 0 aliphatic rings. The van der Waals surface area contributed by atoms with Gasteiger partial charge in [0.1, 0.15) is 30.2 Å². The number of nitrogens with zero attached hydrogens (tertiary/aromatic N) is 1. The first-order chi connectivity index (χ1) is 16.6. The first-order valence-corrected chi connectivity index (χ1v) is 11.0. The maximum absolute atomic E-state index is 13.4. The number of hydrogen-bond donors (Lipinski definition) is 1. The van der Waals surface area contributed by atoms with E-state index in [2.05, 4.69) is 5.32 Å². The summed E-state index contributed by atoms with van der Waals surface area (Å²) in [6.45, 7) is 2.19. The maximum Gasteiger partial charge on any atom is 0.290 e. The zero-order valence-corrected chi connectivity index (χ0v) is 19.1. The Bertz CT molecular complexity index is 1280. The van der Waals surface area contributed by atoms with E-state index >= 15 is 0 Å². The lowest BCUT2D eigenvalue weighted by molar-refractivity contribution is -0.116. The first-order valence-electron chi connectivity index (χ1n) is 11.0. The van der Waals surface area contributed by atoms with Gasteiger partial charge in [0, 0.05) is 29.2 Å². The second-order valence-electron chi connectivity index (χ2n) is 7.61. The van der Waals surface area contributed by atoms with Gasteiger partial charge in [0.2, 0.25) is 5.91 Å². The smallest absolute Gasteiger partial charge is 0.290 e. The third-order valence-corrected chi connectivity index (χ3v) is 5.38. The molecule has 0 unspecified atom stereocenters. The van der Waals surface area contributed by atoms with Crippen LogP contribution >= 0.6 is 0 Å². The molecule has 1 N–H and O–H groups in total. The number of rotatable bonds is 9. The van der Waals surface area contributed by atoms with Crippen molar-refractivity contribution in [3.8, 4) is 11.5 Å². The van der Waals surface area contributed by atoms with Crippen LogP contribution in [0.25, 0.3) is 11.0 Å². The summed E-state index contributed by atoms with van der Waals surface area (Å²) in [5.41, 5.74) is 1.83. The van der Waals surface area contributed by atoms with Crippen LogP contribution in [0.2, 0.25) is 0 Å². The fourth-order valence-electron chi connectivity index (χ4n) is 3.63. The fraction of sp³-hybridized carbons (Fsp3) is 0.185. The normalized spacial score (nSPS) is 10.6. The summed E-state index contributed by atoms with van der Waals surface area (Å²) < 4.78 is 17.1. The molecule has 4 aromatic rings. The molecule has 7 heteroatoms. The minimum absolute atomic E-state index is 0.122. The van der Waals surface area contributed by atoms with Crippen molar-refractivity contribution >= 4 is 28.5 Å². The number of methoxy groups -OCH3 is 1. The number of ether oxygens (including phenoxy) is 2. The highest BCUT2D eigenvalue weighted by molar-refractivity contribution is 6.02. The minimum Gasteiger partial charge on any atom is -0.497 e. The molecule has 0 atom stereocenters. The van der Waals surface area contributed by atoms with Crippen molar-refractivity contribution in [2.24, 2.45) is 0 Å². The van der Waals surface area contributed by atoms with Crippen LogP contribution in [0.5, 0.6) is 11.5 Å². The average molecular weight is 459 g/mol. The van der Waals surface area contributed by atoms with Gasteiger partial charge in [0.05, 0.1) is 7.11 Å². The number of carbonyl (C=O) groups excluding carboxylic acids is 2. The molecule has 4 rings (SSSR count). The molecule has 34 heavy (non-hydrogen) atoms. The second kappa shape index (κ2) is 10.6. The molecule has 0 saturated heterocycles. The Hall–Kier alpha value is -4.26. The molecule has 1 aromatic heterocycles. The van der Waals surface area contributed by atoms with Crippen molar-refractivity contribution in [3.63, 3.8) is 0 Å². The Morgan fingerprint density at radius 2 is 1.68 bits per heavy atom. The molecule has 174 valence electrons. The van der Waals surface area contributed by atoms with E-state index in [1.165, 1.54) is 4.90 Å². The zero-order valence-electron chi connectivity index (χ0n) is 19.1. The fourth-order valence-corrected chi connectivity index (χ4v) is 3.63. The van der Waals surface area contributed by atoms with Crippen molar-refractivity contribution in [2.45, 2.75) is 13.5 Å². The predicted molar refractivity (Wildman–Crippen MR) is 130 cm³/mol. The number of anilines is 1. The summed E-state index contributed by atoms with van der Waals surface area (Å²) >= 11 is 0. The van der Waals surface area contributed by atoms with Crippen LogP contribution in [0.3, 0.4) is 0 Å². The van der Waals surface area contributed by atoms with Crippen molar-refractivity contribution in [3.05, 3.63) is 90.2 Å². The van der Waals surface area contributed by atoms with E-state index in [0.29, 0.717) is 34.9 Å².